The summed E-state index contributed by atoms with van der Waals surface area (Å²) in [6.45, 7) is -0.0486. The minimum absolute atomic E-state index is 0.0486. The molecule has 0 bridgehead atoms. The van der Waals surface area contributed by atoms with Crippen molar-refractivity contribution in [3.63, 3.8) is 0 Å². The van der Waals surface area contributed by atoms with E-state index in [0.29, 0.717) is 12.5 Å². The molecule has 1 atom stereocenters. The molecule has 0 aliphatic heterocycles. The van der Waals surface area contributed by atoms with Crippen LogP contribution in [-0.2, 0) is 6.42 Å². The molecule has 1 aromatic rings. The third-order valence-corrected chi connectivity index (χ3v) is 3.57. The molecule has 2 rings (SSSR count). The lowest BCUT2D eigenvalue weighted by molar-refractivity contribution is 0.213. The molecule has 3 N–H and O–H groups in total. The zero-order valence-electron chi connectivity index (χ0n) is 11.1. The number of carbonyl (C=O) groups excluding carboxylic acids is 1. The van der Waals surface area contributed by atoms with Crippen LogP contribution in [0.2, 0.25) is 0 Å². The highest BCUT2D eigenvalue weighted by Crippen LogP contribution is 2.17. The van der Waals surface area contributed by atoms with E-state index in [9.17, 15) is 9.90 Å². The molecule has 1 fully saturated rings. The fraction of sp³-hybridized carbons (Fsp3) is 0.533. The highest BCUT2D eigenvalue weighted by Gasteiger charge is 2.18. The van der Waals surface area contributed by atoms with Crippen LogP contribution in [-0.4, -0.2) is 29.8 Å². The van der Waals surface area contributed by atoms with E-state index in [-0.39, 0.29) is 18.7 Å². The van der Waals surface area contributed by atoms with Crippen molar-refractivity contribution in [1.82, 2.24) is 10.6 Å². The van der Waals surface area contributed by atoms with Gasteiger partial charge < -0.3 is 15.7 Å². The van der Waals surface area contributed by atoms with E-state index in [1.54, 1.807) is 0 Å². The summed E-state index contributed by atoms with van der Waals surface area (Å²) in [7, 11) is 0. The van der Waals surface area contributed by atoms with Crippen LogP contribution < -0.4 is 10.6 Å². The van der Waals surface area contributed by atoms with Gasteiger partial charge in [0.25, 0.3) is 0 Å². The molecule has 0 unspecified atom stereocenters. The molecular formula is C15H22N2O2. The van der Waals surface area contributed by atoms with Crippen LogP contribution in [0.25, 0.3) is 0 Å². The molecule has 2 amide bonds. The lowest BCUT2D eigenvalue weighted by Crippen LogP contribution is -2.47. The lowest BCUT2D eigenvalue weighted by atomic mass is 10.1. The van der Waals surface area contributed by atoms with E-state index in [1.807, 2.05) is 30.3 Å². The van der Waals surface area contributed by atoms with Gasteiger partial charge in [0.15, 0.2) is 0 Å². The smallest absolute Gasteiger partial charge is 0.315 e. The van der Waals surface area contributed by atoms with Crippen molar-refractivity contribution in [3.8, 4) is 0 Å². The third kappa shape index (κ3) is 4.56. The van der Waals surface area contributed by atoms with Crippen LogP contribution >= 0.6 is 0 Å². The second kappa shape index (κ2) is 7.14. The Bertz CT molecular complexity index is 388. The number of hydrogen-bond donors (Lipinski definition) is 3. The van der Waals surface area contributed by atoms with Crippen molar-refractivity contribution >= 4 is 6.03 Å². The molecule has 1 aliphatic carbocycles. The number of aliphatic hydroxyl groups is 1. The maximum Gasteiger partial charge on any atom is 0.315 e. The molecule has 1 saturated carbocycles. The van der Waals surface area contributed by atoms with E-state index in [1.165, 1.54) is 12.8 Å². The number of amides is 2. The van der Waals surface area contributed by atoms with E-state index >= 15 is 0 Å². The second-order valence-corrected chi connectivity index (χ2v) is 5.17. The van der Waals surface area contributed by atoms with Gasteiger partial charge in [-0.1, -0.05) is 43.2 Å². The number of carbonyl (C=O) groups is 1. The van der Waals surface area contributed by atoms with Crippen LogP contribution in [0.3, 0.4) is 0 Å². The maximum atomic E-state index is 11.8. The first-order valence-electron chi connectivity index (χ1n) is 6.99. The second-order valence-electron chi connectivity index (χ2n) is 5.17. The van der Waals surface area contributed by atoms with Gasteiger partial charge in [-0.15, -0.1) is 0 Å². The summed E-state index contributed by atoms with van der Waals surface area (Å²) in [4.78, 5) is 11.8. The summed E-state index contributed by atoms with van der Waals surface area (Å²) in [5.41, 5.74) is 1.11. The van der Waals surface area contributed by atoms with Crippen molar-refractivity contribution in [2.45, 2.75) is 44.2 Å². The van der Waals surface area contributed by atoms with Crippen LogP contribution in [0.5, 0.6) is 0 Å². The Labute approximate surface area is 114 Å². The number of hydrogen-bond acceptors (Lipinski definition) is 2. The first kappa shape index (κ1) is 13.9. The zero-order chi connectivity index (χ0) is 13.5. The summed E-state index contributed by atoms with van der Waals surface area (Å²) >= 11 is 0. The Kier molecular flexibility index (Phi) is 5.21. The highest BCUT2D eigenvalue weighted by molar-refractivity contribution is 5.74. The molecule has 1 aromatic carbocycles. The highest BCUT2D eigenvalue weighted by atomic mass is 16.3. The molecule has 4 nitrogen and oxygen atoms in total. The van der Waals surface area contributed by atoms with Crippen molar-refractivity contribution < 1.29 is 9.90 Å². The molecule has 0 radical (unpaired) electrons. The Morgan fingerprint density at radius 2 is 1.95 bits per heavy atom. The van der Waals surface area contributed by atoms with Crippen molar-refractivity contribution in [1.29, 1.82) is 0 Å². The zero-order valence-corrected chi connectivity index (χ0v) is 11.1. The fourth-order valence-electron chi connectivity index (χ4n) is 2.54. The number of rotatable bonds is 5. The molecule has 0 saturated heterocycles. The quantitative estimate of drug-likeness (QED) is 0.758. The Morgan fingerprint density at radius 1 is 1.26 bits per heavy atom. The van der Waals surface area contributed by atoms with Crippen molar-refractivity contribution in [3.05, 3.63) is 35.9 Å². The van der Waals surface area contributed by atoms with Crippen molar-refractivity contribution in [2.75, 3.05) is 6.61 Å². The first-order chi connectivity index (χ1) is 9.28. The van der Waals surface area contributed by atoms with Gasteiger partial charge in [-0.25, -0.2) is 4.79 Å². The molecular weight excluding hydrogens is 240 g/mol. The van der Waals surface area contributed by atoms with Gasteiger partial charge in [-0.05, 0) is 24.8 Å². The first-order valence-corrected chi connectivity index (χ1v) is 6.99. The van der Waals surface area contributed by atoms with Gasteiger partial charge in [0.1, 0.15) is 0 Å². The Morgan fingerprint density at radius 3 is 2.58 bits per heavy atom. The van der Waals surface area contributed by atoms with Crippen LogP contribution in [0.4, 0.5) is 4.79 Å². The maximum absolute atomic E-state index is 11.8. The molecule has 0 spiro atoms. The largest absolute Gasteiger partial charge is 0.394 e. The van der Waals surface area contributed by atoms with Gasteiger partial charge in [0.05, 0.1) is 12.6 Å². The number of aliphatic hydroxyl groups excluding tert-OH is 1. The summed E-state index contributed by atoms with van der Waals surface area (Å²) < 4.78 is 0. The predicted molar refractivity (Wildman–Crippen MR) is 74.9 cm³/mol. The minimum atomic E-state index is -0.233. The molecule has 1 aliphatic rings. The SMILES string of the molecule is O=C(NC1CCCC1)N[C@@H](CO)Cc1ccccc1. The number of benzene rings is 1. The lowest BCUT2D eigenvalue weighted by Gasteiger charge is -2.19. The van der Waals surface area contributed by atoms with Gasteiger partial charge in [-0.2, -0.15) is 0 Å². The standard InChI is InChI=1S/C15H22N2O2/c18-11-14(10-12-6-2-1-3-7-12)17-15(19)16-13-8-4-5-9-13/h1-3,6-7,13-14,18H,4-5,8-11H2,(H2,16,17,19)/t14-/m1/s1. The summed E-state index contributed by atoms with van der Waals surface area (Å²) in [5.74, 6) is 0. The number of urea groups is 1. The summed E-state index contributed by atoms with van der Waals surface area (Å²) in [6.07, 6.45) is 5.16. The Hall–Kier alpha value is -1.55. The van der Waals surface area contributed by atoms with E-state index in [4.69, 9.17) is 0 Å². The molecule has 0 aromatic heterocycles. The van der Waals surface area contributed by atoms with E-state index in [2.05, 4.69) is 10.6 Å². The average molecular weight is 262 g/mol. The monoisotopic (exact) mass is 262 g/mol. The van der Waals surface area contributed by atoms with Gasteiger partial charge in [0, 0.05) is 6.04 Å². The van der Waals surface area contributed by atoms with Gasteiger partial charge in [0.2, 0.25) is 0 Å². The molecule has 104 valence electrons. The van der Waals surface area contributed by atoms with Crippen LogP contribution in [0, 0.1) is 0 Å². The average Bonchev–Trinajstić information content (AvgIpc) is 2.92. The normalized spacial score (nSPS) is 17.1. The fourth-order valence-corrected chi connectivity index (χ4v) is 2.54. The molecule has 4 heteroatoms. The van der Waals surface area contributed by atoms with E-state index in [0.717, 1.165) is 18.4 Å². The van der Waals surface area contributed by atoms with Crippen molar-refractivity contribution in [2.24, 2.45) is 0 Å². The molecule has 19 heavy (non-hydrogen) atoms. The van der Waals surface area contributed by atoms with Crippen LogP contribution in [0.1, 0.15) is 31.2 Å². The summed E-state index contributed by atoms with van der Waals surface area (Å²) in [5, 5.41) is 15.2. The van der Waals surface area contributed by atoms with Crippen LogP contribution in [0.15, 0.2) is 30.3 Å². The van der Waals surface area contributed by atoms with E-state index < -0.39 is 0 Å². The topological polar surface area (TPSA) is 61.4 Å². The summed E-state index contributed by atoms with van der Waals surface area (Å²) in [6, 6.07) is 9.78. The minimum Gasteiger partial charge on any atom is -0.394 e. The Balaban J connectivity index is 1.79. The van der Waals surface area contributed by atoms with Gasteiger partial charge >= 0.3 is 6.03 Å². The van der Waals surface area contributed by atoms with Gasteiger partial charge in [-0.3, -0.25) is 0 Å². The number of nitrogens with one attached hydrogen (secondary N) is 2. The molecule has 0 heterocycles. The third-order valence-electron chi connectivity index (χ3n) is 3.57. The predicted octanol–water partition coefficient (Wildman–Crippen LogP) is 1.83.